The van der Waals surface area contributed by atoms with Crippen LogP contribution in [0, 0.1) is 18.8 Å². The molecule has 5 atom stereocenters. The molecule has 0 spiro atoms. The molecule has 1 aliphatic carbocycles. The molecule has 58 heavy (non-hydrogen) atoms. The molecular formula is C43H60N4O11. The van der Waals surface area contributed by atoms with Crippen molar-refractivity contribution in [2.75, 3.05) is 53.6 Å². The molecule has 4 N–H and O–H groups in total. The Balaban J connectivity index is 1.80. The maximum atomic E-state index is 14.6. The van der Waals surface area contributed by atoms with Crippen LogP contribution in [0.5, 0.6) is 11.5 Å². The van der Waals surface area contributed by atoms with Crippen molar-refractivity contribution in [1.82, 2.24) is 15.2 Å². The molecule has 4 unspecified atom stereocenters. The van der Waals surface area contributed by atoms with Gasteiger partial charge in [-0.1, -0.05) is 32.1 Å². The van der Waals surface area contributed by atoms with Gasteiger partial charge in [-0.05, 0) is 58.4 Å². The van der Waals surface area contributed by atoms with Gasteiger partial charge in [0.1, 0.15) is 29.9 Å². The smallest absolute Gasteiger partial charge is 0.302 e. The highest BCUT2D eigenvalue weighted by Gasteiger charge is 2.40. The van der Waals surface area contributed by atoms with Gasteiger partial charge < -0.3 is 39.6 Å². The standard InChI is InChI=1S/C43H60N4O11/c1-26-12-11-16-43(6,54)27(2)14-15-33(49)28(3)34(58-30(5)48)13-9-10-22-57-25-32-35-36(38(50)29(4)41(32)56-8)40(52)37(45-42(26)53)31(39(35)51)24-44-47-19-17-46(18-20-47)21-23-55-7/h10-12,16,22,24,27-28,33-34,49-50,54H,9,13-15,17-21,23,25H2,1-8H3,(H,45,53)/b16-11+,22-10+,26-12-,44-24+/t27?,28-,33?,34?,43?/m1/s1. The number of ether oxygens (including phenoxy) is 4. The van der Waals surface area contributed by atoms with Gasteiger partial charge >= 0.3 is 5.97 Å². The number of phenols is 1. The number of piperazine rings is 1. The van der Waals surface area contributed by atoms with Crippen molar-refractivity contribution in [3.8, 4) is 11.5 Å². The Hall–Kier alpha value is -4.83. The number of nitrogens with zero attached hydrogens (tertiary/aromatic N) is 3. The number of phenolic OH excluding ortho intramolecular Hbond substituents is 1. The molecule has 0 aromatic heterocycles. The van der Waals surface area contributed by atoms with Crippen LogP contribution in [0.1, 0.15) is 92.1 Å². The zero-order chi connectivity index (χ0) is 42.7. The minimum atomic E-state index is -1.32. The van der Waals surface area contributed by atoms with Gasteiger partial charge in [0.25, 0.3) is 5.91 Å². The second kappa shape index (κ2) is 20.7. The Morgan fingerprint density at radius 3 is 2.43 bits per heavy atom. The van der Waals surface area contributed by atoms with E-state index in [-0.39, 0.29) is 57.4 Å². The number of allylic oxidation sites excluding steroid dienone is 5. The van der Waals surface area contributed by atoms with Gasteiger partial charge in [0, 0.05) is 74.9 Å². The molecule has 4 bridgehead atoms. The van der Waals surface area contributed by atoms with E-state index in [4.69, 9.17) is 18.9 Å². The second-order valence-corrected chi connectivity index (χ2v) is 15.4. The Bertz CT molecular complexity index is 1840. The number of aliphatic hydroxyl groups is 2. The van der Waals surface area contributed by atoms with Gasteiger partial charge in [-0.25, -0.2) is 0 Å². The van der Waals surface area contributed by atoms with Gasteiger partial charge in [0.05, 0.1) is 49.0 Å². The van der Waals surface area contributed by atoms with Crippen LogP contribution in [0.4, 0.5) is 0 Å². The number of fused-ring (bicyclic) bond motifs is 16. The number of methoxy groups -OCH3 is 2. The first-order chi connectivity index (χ1) is 27.5. The largest absolute Gasteiger partial charge is 0.507 e. The molecule has 15 nitrogen and oxygen atoms in total. The number of hydrazone groups is 1. The van der Waals surface area contributed by atoms with Crippen molar-refractivity contribution < 1.29 is 53.4 Å². The third-order valence-electron chi connectivity index (χ3n) is 11.3. The van der Waals surface area contributed by atoms with Crippen LogP contribution in [0.15, 0.2) is 52.5 Å². The molecule has 0 radical (unpaired) electrons. The molecule has 0 saturated carbocycles. The number of esters is 1. The number of amides is 1. The summed E-state index contributed by atoms with van der Waals surface area (Å²) in [4.78, 5) is 57.0. The van der Waals surface area contributed by atoms with E-state index in [9.17, 15) is 34.5 Å². The van der Waals surface area contributed by atoms with Crippen LogP contribution in [-0.4, -0.2) is 126 Å². The molecule has 1 aromatic carbocycles. The number of aliphatic hydroxyl groups excluding tert-OH is 1. The molecule has 15 heteroatoms. The van der Waals surface area contributed by atoms with Crippen molar-refractivity contribution in [2.45, 2.75) is 91.6 Å². The lowest BCUT2D eigenvalue weighted by molar-refractivity contribution is -0.151. The van der Waals surface area contributed by atoms with Crippen molar-refractivity contribution in [2.24, 2.45) is 16.9 Å². The Morgan fingerprint density at radius 2 is 1.78 bits per heavy atom. The quantitative estimate of drug-likeness (QED) is 0.227. The molecule has 3 aliphatic heterocycles. The number of ketones is 2. The molecule has 4 aliphatic rings. The number of benzene rings is 1. The molecule has 318 valence electrons. The van der Waals surface area contributed by atoms with E-state index in [1.54, 1.807) is 38.1 Å². The van der Waals surface area contributed by atoms with Crippen LogP contribution < -0.4 is 10.1 Å². The number of hydrogen-bond donors (Lipinski definition) is 4. The number of carbonyl (C=O) groups excluding carboxylic acids is 4. The van der Waals surface area contributed by atoms with E-state index in [1.807, 2.05) is 13.8 Å². The first kappa shape index (κ1) is 45.9. The summed E-state index contributed by atoms with van der Waals surface area (Å²) in [6.45, 7) is 13.3. The van der Waals surface area contributed by atoms with Crippen molar-refractivity contribution in [3.63, 3.8) is 0 Å². The Labute approximate surface area is 341 Å². The maximum Gasteiger partial charge on any atom is 0.302 e. The van der Waals surface area contributed by atoms with E-state index in [2.05, 4.69) is 15.3 Å². The summed E-state index contributed by atoms with van der Waals surface area (Å²) in [6.07, 6.45) is 9.14. The minimum absolute atomic E-state index is 0.138. The third-order valence-corrected chi connectivity index (χ3v) is 11.3. The SMILES string of the molecule is COCCN1CCN(/N=C/C2=C3NC(=O)/C(C)=C\C=C\C(C)(O)C(C)CCC(O)[C@@H](C)C(OC(C)=O)CC/C=C/OCc4c(OC)c(C)c(O)c(c4C2=O)C3=O)CC1. The molecular weight excluding hydrogens is 748 g/mol. The summed E-state index contributed by atoms with van der Waals surface area (Å²) in [5, 5.41) is 42.8. The summed E-state index contributed by atoms with van der Waals surface area (Å²) in [6, 6.07) is 0. The van der Waals surface area contributed by atoms with Crippen LogP contribution in [-0.2, 0) is 30.4 Å². The number of rotatable bonds is 7. The highest BCUT2D eigenvalue weighted by Crippen LogP contribution is 2.42. The van der Waals surface area contributed by atoms with Crippen molar-refractivity contribution >= 4 is 29.7 Å². The lowest BCUT2D eigenvalue weighted by Crippen LogP contribution is -2.45. The molecule has 3 heterocycles. The third kappa shape index (κ3) is 11.2. The lowest BCUT2D eigenvalue weighted by atomic mass is 9.82. The summed E-state index contributed by atoms with van der Waals surface area (Å²) < 4.78 is 22.4. The average Bonchev–Trinajstić information content (AvgIpc) is 3.19. The van der Waals surface area contributed by atoms with Gasteiger partial charge in [-0.15, -0.1) is 0 Å². The monoisotopic (exact) mass is 808 g/mol. The fourth-order valence-electron chi connectivity index (χ4n) is 7.20. The highest BCUT2D eigenvalue weighted by atomic mass is 16.5. The van der Waals surface area contributed by atoms with Gasteiger partial charge in [0.2, 0.25) is 5.78 Å². The summed E-state index contributed by atoms with van der Waals surface area (Å²) in [5.41, 5.74) is -1.73. The summed E-state index contributed by atoms with van der Waals surface area (Å²) in [5.74, 6) is -3.69. The predicted molar refractivity (Wildman–Crippen MR) is 217 cm³/mol. The van der Waals surface area contributed by atoms with E-state index < -0.39 is 52.9 Å². The average molecular weight is 809 g/mol. The first-order valence-electron chi connectivity index (χ1n) is 19.8. The van der Waals surface area contributed by atoms with Crippen LogP contribution in [0.2, 0.25) is 0 Å². The Morgan fingerprint density at radius 1 is 1.07 bits per heavy atom. The predicted octanol–water partition coefficient (Wildman–Crippen LogP) is 4.13. The van der Waals surface area contributed by atoms with Gasteiger partial charge in [-0.2, -0.15) is 5.10 Å². The van der Waals surface area contributed by atoms with E-state index in [0.29, 0.717) is 58.5 Å². The summed E-state index contributed by atoms with van der Waals surface area (Å²) >= 11 is 0. The van der Waals surface area contributed by atoms with Crippen LogP contribution >= 0.6 is 0 Å². The second-order valence-electron chi connectivity index (χ2n) is 15.4. The fourth-order valence-corrected chi connectivity index (χ4v) is 7.20. The fraction of sp³-hybridized carbons (Fsp3) is 0.558. The number of nitrogens with one attached hydrogen (secondary N) is 1. The highest BCUT2D eigenvalue weighted by molar-refractivity contribution is 6.35. The molecule has 1 amide bonds. The number of Topliss-reactive ketones (excluding diaryl/α,β-unsaturated/α-hetero) is 2. The van der Waals surface area contributed by atoms with Crippen molar-refractivity contribution in [1.29, 1.82) is 0 Å². The zero-order valence-corrected chi connectivity index (χ0v) is 35.0. The van der Waals surface area contributed by atoms with E-state index in [0.717, 1.165) is 6.54 Å². The summed E-state index contributed by atoms with van der Waals surface area (Å²) in [7, 11) is 3.03. The maximum absolute atomic E-state index is 14.6. The van der Waals surface area contributed by atoms with E-state index >= 15 is 0 Å². The lowest BCUT2D eigenvalue weighted by Gasteiger charge is -2.33. The van der Waals surface area contributed by atoms with Crippen molar-refractivity contribution in [3.05, 3.63) is 69.7 Å². The molecule has 5 rings (SSSR count). The van der Waals surface area contributed by atoms with Crippen LogP contribution in [0.3, 0.4) is 0 Å². The zero-order valence-electron chi connectivity index (χ0n) is 35.0. The van der Waals surface area contributed by atoms with Gasteiger partial charge in [-0.3, -0.25) is 29.1 Å². The minimum Gasteiger partial charge on any atom is -0.507 e. The Kier molecular flexibility index (Phi) is 16.4. The topological polar surface area (TPSA) is 197 Å². The van der Waals surface area contributed by atoms with E-state index in [1.165, 1.54) is 45.6 Å². The molecule has 1 fully saturated rings. The first-order valence-corrected chi connectivity index (χ1v) is 19.8. The van der Waals surface area contributed by atoms with Gasteiger partial charge in [0.15, 0.2) is 5.78 Å². The van der Waals surface area contributed by atoms with Crippen LogP contribution in [0.25, 0.3) is 0 Å². The molecule has 1 aromatic rings. The number of hydrogen-bond acceptors (Lipinski definition) is 14. The number of carbonyl (C=O) groups is 4. The molecule has 1 saturated heterocycles. The normalized spacial score (nSPS) is 28.0. The number of aromatic hydroxyl groups is 1.